The molecular weight excluding hydrogens is 462 g/mol. The van der Waals surface area contributed by atoms with Crippen LogP contribution in [0.5, 0.6) is 0 Å². The zero-order valence-corrected chi connectivity index (χ0v) is 18.4. The molecule has 176 valence electrons. The number of halogens is 6. The molecule has 0 atom stereocenters. The lowest BCUT2D eigenvalue weighted by molar-refractivity contribution is -0.138. The monoisotopic (exact) mass is 480 g/mol. The van der Waals surface area contributed by atoms with Gasteiger partial charge in [0.05, 0.1) is 11.1 Å². The Hall–Kier alpha value is -3.80. The first-order valence-electron chi connectivity index (χ1n) is 10.8. The Kier molecular flexibility index (Phi) is 5.35. The summed E-state index contributed by atoms with van der Waals surface area (Å²) < 4.78 is 78.9. The zero-order chi connectivity index (χ0) is 25.0. The average Bonchev–Trinajstić information content (AvgIpc) is 2.81. The maximum absolute atomic E-state index is 13.2. The summed E-state index contributed by atoms with van der Waals surface area (Å²) in [4.78, 5) is 0. The highest BCUT2D eigenvalue weighted by Gasteiger charge is 2.31. The SMILES string of the molecule is Cc1ccc2c(-c3ccc(C(F)(F)F)cc3)c3ccccc3c(-c3ccc(C(F)(F)F)cc3)c2c1. The van der Waals surface area contributed by atoms with Crippen molar-refractivity contribution in [1.82, 2.24) is 0 Å². The maximum atomic E-state index is 13.2. The van der Waals surface area contributed by atoms with Crippen molar-refractivity contribution in [2.24, 2.45) is 0 Å². The molecule has 0 unspecified atom stereocenters. The average molecular weight is 480 g/mol. The van der Waals surface area contributed by atoms with E-state index in [9.17, 15) is 26.3 Å². The first-order valence-corrected chi connectivity index (χ1v) is 10.8. The van der Waals surface area contributed by atoms with Gasteiger partial charge in [0.1, 0.15) is 0 Å². The van der Waals surface area contributed by atoms with Crippen LogP contribution in [0.4, 0.5) is 26.3 Å². The molecule has 0 aliphatic carbocycles. The molecule has 0 aliphatic rings. The summed E-state index contributed by atoms with van der Waals surface area (Å²) in [6.07, 6.45) is -8.88. The minimum atomic E-state index is -4.44. The highest BCUT2D eigenvalue weighted by atomic mass is 19.4. The third kappa shape index (κ3) is 4.14. The van der Waals surface area contributed by atoms with E-state index in [1.807, 2.05) is 49.4 Å². The number of rotatable bonds is 2. The summed E-state index contributed by atoms with van der Waals surface area (Å²) in [6.45, 7) is 1.92. The van der Waals surface area contributed by atoms with Crippen molar-refractivity contribution in [2.75, 3.05) is 0 Å². The van der Waals surface area contributed by atoms with Crippen LogP contribution in [0.15, 0.2) is 91.0 Å². The lowest BCUT2D eigenvalue weighted by Crippen LogP contribution is -2.04. The molecule has 5 rings (SSSR count). The maximum Gasteiger partial charge on any atom is 0.416 e. The van der Waals surface area contributed by atoms with Gasteiger partial charge in [-0.3, -0.25) is 0 Å². The molecule has 35 heavy (non-hydrogen) atoms. The predicted molar refractivity (Wildman–Crippen MR) is 127 cm³/mol. The Balaban J connectivity index is 1.83. The molecule has 0 fully saturated rings. The van der Waals surface area contributed by atoms with Gasteiger partial charge in [0, 0.05) is 0 Å². The van der Waals surface area contributed by atoms with E-state index in [0.29, 0.717) is 11.1 Å². The van der Waals surface area contributed by atoms with E-state index in [2.05, 4.69) is 0 Å². The molecule has 0 heterocycles. The zero-order valence-electron chi connectivity index (χ0n) is 18.4. The second kappa shape index (κ2) is 8.15. The number of benzene rings is 5. The molecule has 6 heteroatoms. The Morgan fingerprint density at radius 1 is 0.457 bits per heavy atom. The smallest absolute Gasteiger partial charge is 0.166 e. The van der Waals surface area contributed by atoms with Crippen LogP contribution >= 0.6 is 0 Å². The Bertz CT molecular complexity index is 1540. The van der Waals surface area contributed by atoms with Crippen LogP contribution in [0.25, 0.3) is 43.8 Å². The number of hydrogen-bond donors (Lipinski definition) is 0. The van der Waals surface area contributed by atoms with Gasteiger partial charge < -0.3 is 0 Å². The molecule has 0 saturated heterocycles. The molecular formula is C29H18F6. The van der Waals surface area contributed by atoms with E-state index in [4.69, 9.17) is 0 Å². The van der Waals surface area contributed by atoms with Gasteiger partial charge in [0.2, 0.25) is 0 Å². The van der Waals surface area contributed by atoms with Gasteiger partial charge in [-0.1, -0.05) is 72.3 Å². The summed E-state index contributed by atoms with van der Waals surface area (Å²) in [5, 5.41) is 3.24. The molecule has 0 nitrogen and oxygen atoms in total. The van der Waals surface area contributed by atoms with Crippen molar-refractivity contribution in [3.63, 3.8) is 0 Å². The van der Waals surface area contributed by atoms with E-state index in [-0.39, 0.29) is 0 Å². The first kappa shape index (κ1) is 23.0. The molecule has 0 aromatic heterocycles. The fraction of sp³-hybridized carbons (Fsp3) is 0.103. The Morgan fingerprint density at radius 2 is 0.857 bits per heavy atom. The van der Waals surface area contributed by atoms with Crippen LogP contribution in [0.1, 0.15) is 16.7 Å². The third-order valence-electron chi connectivity index (χ3n) is 6.18. The first-order chi connectivity index (χ1) is 16.5. The van der Waals surface area contributed by atoms with Crippen LogP contribution in [0.2, 0.25) is 0 Å². The molecule has 0 radical (unpaired) electrons. The van der Waals surface area contributed by atoms with E-state index in [1.165, 1.54) is 24.3 Å². The third-order valence-corrected chi connectivity index (χ3v) is 6.18. The second-order valence-electron chi connectivity index (χ2n) is 8.49. The topological polar surface area (TPSA) is 0 Å². The summed E-state index contributed by atoms with van der Waals surface area (Å²) in [5.41, 5.74) is 2.31. The van der Waals surface area contributed by atoms with Crippen LogP contribution in [0.3, 0.4) is 0 Å². The summed E-state index contributed by atoms with van der Waals surface area (Å²) >= 11 is 0. The van der Waals surface area contributed by atoms with Gasteiger partial charge in [-0.15, -0.1) is 0 Å². The largest absolute Gasteiger partial charge is 0.416 e. The van der Waals surface area contributed by atoms with Crippen LogP contribution in [0, 0.1) is 6.92 Å². The van der Waals surface area contributed by atoms with Gasteiger partial charge in [0.25, 0.3) is 0 Å². The van der Waals surface area contributed by atoms with E-state index < -0.39 is 23.5 Å². The minimum Gasteiger partial charge on any atom is -0.166 e. The highest BCUT2D eigenvalue weighted by molar-refractivity contribution is 6.21. The minimum absolute atomic E-state index is 0.627. The lowest BCUT2D eigenvalue weighted by Gasteiger charge is -2.19. The van der Waals surface area contributed by atoms with Crippen LogP contribution in [-0.2, 0) is 12.4 Å². The summed E-state index contributed by atoms with van der Waals surface area (Å²) in [6, 6.07) is 23.3. The molecule has 0 spiro atoms. The van der Waals surface area contributed by atoms with Gasteiger partial charge >= 0.3 is 12.4 Å². The van der Waals surface area contributed by atoms with Crippen LogP contribution in [-0.4, -0.2) is 0 Å². The van der Waals surface area contributed by atoms with Crippen molar-refractivity contribution < 1.29 is 26.3 Å². The summed E-state index contributed by atoms with van der Waals surface area (Å²) in [5.74, 6) is 0. The van der Waals surface area contributed by atoms with E-state index in [0.717, 1.165) is 62.5 Å². The van der Waals surface area contributed by atoms with Gasteiger partial charge in [0.15, 0.2) is 0 Å². The molecule has 0 amide bonds. The van der Waals surface area contributed by atoms with E-state index >= 15 is 0 Å². The molecule has 5 aromatic rings. The van der Waals surface area contributed by atoms with Crippen molar-refractivity contribution in [3.05, 3.63) is 108 Å². The predicted octanol–water partition coefficient (Wildman–Crippen LogP) is 9.67. The van der Waals surface area contributed by atoms with Gasteiger partial charge in [-0.25, -0.2) is 0 Å². The fourth-order valence-corrected chi connectivity index (χ4v) is 4.57. The molecule has 0 aliphatic heterocycles. The van der Waals surface area contributed by atoms with Gasteiger partial charge in [-0.05, 0) is 75.0 Å². The van der Waals surface area contributed by atoms with E-state index in [1.54, 1.807) is 0 Å². The van der Waals surface area contributed by atoms with Crippen molar-refractivity contribution >= 4 is 21.5 Å². The Morgan fingerprint density at radius 3 is 1.29 bits per heavy atom. The van der Waals surface area contributed by atoms with Crippen molar-refractivity contribution in [2.45, 2.75) is 19.3 Å². The summed E-state index contributed by atoms with van der Waals surface area (Å²) in [7, 11) is 0. The standard InChI is InChI=1S/C29H18F6/c1-17-6-15-24-25(16-17)27(19-9-13-21(14-10-19)29(33,34)35)23-5-3-2-4-22(23)26(24)18-7-11-20(12-8-18)28(30,31)32/h2-16H,1H3. The normalized spacial score (nSPS) is 12.4. The van der Waals surface area contributed by atoms with Gasteiger partial charge in [-0.2, -0.15) is 26.3 Å². The van der Waals surface area contributed by atoms with Crippen molar-refractivity contribution in [1.29, 1.82) is 0 Å². The number of alkyl halides is 6. The number of fused-ring (bicyclic) bond motifs is 2. The molecule has 0 N–H and O–H groups in total. The molecule has 0 bridgehead atoms. The fourth-order valence-electron chi connectivity index (χ4n) is 4.57. The Labute approximate surface area is 197 Å². The lowest BCUT2D eigenvalue weighted by atomic mass is 9.85. The highest BCUT2D eigenvalue weighted by Crippen LogP contribution is 2.44. The number of hydrogen-bond acceptors (Lipinski definition) is 0. The second-order valence-corrected chi connectivity index (χ2v) is 8.49. The quantitative estimate of drug-likeness (QED) is 0.174. The molecule has 0 saturated carbocycles. The number of aryl methyl sites for hydroxylation is 1. The van der Waals surface area contributed by atoms with Crippen molar-refractivity contribution in [3.8, 4) is 22.3 Å². The van der Waals surface area contributed by atoms with Crippen LogP contribution < -0.4 is 0 Å². The molecule has 5 aromatic carbocycles.